The lowest BCUT2D eigenvalue weighted by molar-refractivity contribution is -0.152. The lowest BCUT2D eigenvalue weighted by Gasteiger charge is -2.23. The third-order valence-electron chi connectivity index (χ3n) is 3.95. The van der Waals surface area contributed by atoms with Crippen LogP contribution in [0.3, 0.4) is 0 Å². The summed E-state index contributed by atoms with van der Waals surface area (Å²) in [5, 5.41) is 0. The number of benzene rings is 2. The van der Waals surface area contributed by atoms with E-state index in [0.29, 0.717) is 6.54 Å². The van der Waals surface area contributed by atoms with Gasteiger partial charge in [0.1, 0.15) is 0 Å². The molecule has 0 saturated carbocycles. The fourth-order valence-electron chi connectivity index (χ4n) is 2.86. The molecular weight excluding hydrogens is 278 g/mol. The molecule has 0 radical (unpaired) electrons. The fraction of sp³-hybridized carbons (Fsp3) is 0.222. The van der Waals surface area contributed by atoms with E-state index in [-0.39, 0.29) is 12.3 Å². The molecule has 1 atom stereocenters. The minimum atomic E-state index is -0.641. The van der Waals surface area contributed by atoms with Crippen molar-refractivity contribution < 1.29 is 14.3 Å². The number of ether oxygens (including phenoxy) is 1. The lowest BCUT2D eigenvalue weighted by atomic mass is 10.0. The minimum absolute atomic E-state index is 0.0715. The van der Waals surface area contributed by atoms with Crippen molar-refractivity contribution in [1.29, 1.82) is 0 Å². The van der Waals surface area contributed by atoms with Crippen molar-refractivity contribution in [3.05, 3.63) is 71.3 Å². The molecule has 2 aromatic rings. The van der Waals surface area contributed by atoms with Crippen LogP contribution in [0.1, 0.15) is 22.7 Å². The Hall–Kier alpha value is -2.62. The summed E-state index contributed by atoms with van der Waals surface area (Å²) < 4.78 is 4.89. The first-order valence-electron chi connectivity index (χ1n) is 7.19. The molecular formula is C18H17NO3. The number of fused-ring (bicyclic) bond motifs is 1. The Balaban J connectivity index is 1.87. The van der Waals surface area contributed by atoms with E-state index in [2.05, 4.69) is 0 Å². The zero-order valence-electron chi connectivity index (χ0n) is 12.4. The van der Waals surface area contributed by atoms with Gasteiger partial charge in [0.05, 0.1) is 13.5 Å². The molecule has 112 valence electrons. The van der Waals surface area contributed by atoms with E-state index >= 15 is 0 Å². The summed E-state index contributed by atoms with van der Waals surface area (Å²) in [5.41, 5.74) is 2.79. The van der Waals surface area contributed by atoms with Gasteiger partial charge in [0.25, 0.3) is 0 Å². The minimum Gasteiger partial charge on any atom is -0.467 e. The van der Waals surface area contributed by atoms with Crippen LogP contribution < -0.4 is 0 Å². The second-order valence-electron chi connectivity index (χ2n) is 5.31. The van der Waals surface area contributed by atoms with Crippen LogP contribution in [0, 0.1) is 0 Å². The van der Waals surface area contributed by atoms with Crippen LogP contribution in [0.15, 0.2) is 54.6 Å². The summed E-state index contributed by atoms with van der Waals surface area (Å²) in [5.74, 6) is -0.468. The van der Waals surface area contributed by atoms with Gasteiger partial charge >= 0.3 is 5.97 Å². The molecule has 0 aliphatic carbocycles. The first-order valence-corrected chi connectivity index (χ1v) is 7.19. The number of hydrogen-bond donors (Lipinski definition) is 0. The molecule has 1 unspecified atom stereocenters. The lowest BCUT2D eigenvalue weighted by Crippen LogP contribution is -2.35. The number of methoxy groups -OCH3 is 1. The first-order chi connectivity index (χ1) is 10.7. The number of carbonyl (C=O) groups excluding carboxylic acids is 2. The van der Waals surface area contributed by atoms with Crippen LogP contribution >= 0.6 is 0 Å². The normalized spacial score (nSPS) is 16.2. The number of hydrogen-bond acceptors (Lipinski definition) is 3. The van der Waals surface area contributed by atoms with Crippen molar-refractivity contribution >= 4 is 11.9 Å². The Morgan fingerprint density at radius 1 is 1.09 bits per heavy atom. The number of amides is 1. The van der Waals surface area contributed by atoms with E-state index < -0.39 is 12.0 Å². The van der Waals surface area contributed by atoms with Crippen molar-refractivity contribution in [2.24, 2.45) is 0 Å². The third kappa shape index (κ3) is 2.60. The quantitative estimate of drug-likeness (QED) is 0.817. The van der Waals surface area contributed by atoms with E-state index in [0.717, 1.165) is 16.7 Å². The predicted molar refractivity (Wildman–Crippen MR) is 81.9 cm³/mol. The summed E-state index contributed by atoms with van der Waals surface area (Å²) in [6.07, 6.45) is 0.280. The molecule has 0 fully saturated rings. The Labute approximate surface area is 129 Å². The molecule has 0 spiro atoms. The van der Waals surface area contributed by atoms with Gasteiger partial charge in [-0.05, 0) is 16.7 Å². The van der Waals surface area contributed by atoms with Crippen LogP contribution in [-0.4, -0.2) is 23.9 Å². The molecule has 0 saturated heterocycles. The van der Waals surface area contributed by atoms with Crippen LogP contribution in [0.5, 0.6) is 0 Å². The molecule has 2 aromatic carbocycles. The Morgan fingerprint density at radius 2 is 1.77 bits per heavy atom. The molecule has 4 nitrogen and oxygen atoms in total. The monoisotopic (exact) mass is 295 g/mol. The molecule has 4 heteroatoms. The summed E-state index contributed by atoms with van der Waals surface area (Å²) in [7, 11) is 1.35. The highest BCUT2D eigenvalue weighted by molar-refractivity contribution is 5.88. The maximum Gasteiger partial charge on any atom is 0.333 e. The highest BCUT2D eigenvalue weighted by Gasteiger charge is 2.38. The van der Waals surface area contributed by atoms with Gasteiger partial charge in [-0.15, -0.1) is 0 Å². The molecule has 22 heavy (non-hydrogen) atoms. The van der Waals surface area contributed by atoms with Crippen LogP contribution in [0.2, 0.25) is 0 Å². The van der Waals surface area contributed by atoms with Gasteiger partial charge in [0.2, 0.25) is 5.91 Å². The standard InChI is InChI=1S/C18H17NO3/c1-22-18(21)17-15-10-6-5-9-14(15)12-19(17)16(20)11-13-7-3-2-4-8-13/h2-10,17H,11-12H2,1H3. The van der Waals surface area contributed by atoms with Gasteiger partial charge < -0.3 is 9.64 Å². The van der Waals surface area contributed by atoms with Crippen molar-refractivity contribution in [3.8, 4) is 0 Å². The fourth-order valence-corrected chi connectivity index (χ4v) is 2.86. The van der Waals surface area contributed by atoms with E-state index in [4.69, 9.17) is 4.74 Å². The topological polar surface area (TPSA) is 46.6 Å². The Kier molecular flexibility index (Phi) is 3.92. The summed E-state index contributed by atoms with van der Waals surface area (Å²) in [6.45, 7) is 0.446. The van der Waals surface area contributed by atoms with Gasteiger partial charge in [0, 0.05) is 6.54 Å². The average molecular weight is 295 g/mol. The number of nitrogens with zero attached hydrogens (tertiary/aromatic N) is 1. The van der Waals surface area contributed by atoms with E-state index in [9.17, 15) is 9.59 Å². The van der Waals surface area contributed by atoms with Crippen molar-refractivity contribution in [3.63, 3.8) is 0 Å². The molecule has 1 aliphatic rings. The predicted octanol–water partition coefficient (Wildman–Crippen LogP) is 2.49. The van der Waals surface area contributed by atoms with Gasteiger partial charge in [-0.1, -0.05) is 54.6 Å². The van der Waals surface area contributed by atoms with Gasteiger partial charge in [-0.25, -0.2) is 4.79 Å². The second kappa shape index (κ2) is 6.02. The average Bonchev–Trinajstić information content (AvgIpc) is 2.94. The maximum absolute atomic E-state index is 12.6. The Morgan fingerprint density at radius 3 is 2.50 bits per heavy atom. The van der Waals surface area contributed by atoms with Crippen molar-refractivity contribution in [2.75, 3.05) is 7.11 Å². The summed E-state index contributed by atoms with van der Waals surface area (Å²) >= 11 is 0. The molecule has 0 aromatic heterocycles. The summed E-state index contributed by atoms with van der Waals surface area (Å²) in [6, 6.07) is 16.5. The van der Waals surface area contributed by atoms with Gasteiger partial charge in [-0.2, -0.15) is 0 Å². The molecule has 3 rings (SSSR count). The number of rotatable bonds is 3. The van der Waals surface area contributed by atoms with Crippen LogP contribution in [0.4, 0.5) is 0 Å². The third-order valence-corrected chi connectivity index (χ3v) is 3.95. The smallest absolute Gasteiger partial charge is 0.333 e. The second-order valence-corrected chi connectivity index (χ2v) is 5.31. The molecule has 1 heterocycles. The van der Waals surface area contributed by atoms with E-state index in [1.165, 1.54) is 7.11 Å². The summed E-state index contributed by atoms with van der Waals surface area (Å²) in [4.78, 5) is 26.4. The largest absolute Gasteiger partial charge is 0.467 e. The molecule has 0 N–H and O–H groups in total. The Bertz CT molecular complexity index is 696. The molecule has 0 bridgehead atoms. The first kappa shape index (κ1) is 14.3. The highest BCUT2D eigenvalue weighted by Crippen LogP contribution is 2.34. The zero-order valence-corrected chi connectivity index (χ0v) is 12.4. The van der Waals surface area contributed by atoms with Crippen molar-refractivity contribution in [1.82, 2.24) is 4.90 Å². The van der Waals surface area contributed by atoms with Gasteiger partial charge in [-0.3, -0.25) is 4.79 Å². The molecule has 1 aliphatic heterocycles. The SMILES string of the molecule is COC(=O)C1c2ccccc2CN1C(=O)Cc1ccccc1. The van der Waals surface area contributed by atoms with Crippen LogP contribution in [0.25, 0.3) is 0 Å². The highest BCUT2D eigenvalue weighted by atomic mass is 16.5. The number of esters is 1. The number of carbonyl (C=O) groups is 2. The van der Waals surface area contributed by atoms with Crippen molar-refractivity contribution in [2.45, 2.75) is 19.0 Å². The molecule has 1 amide bonds. The maximum atomic E-state index is 12.6. The van der Waals surface area contributed by atoms with Gasteiger partial charge in [0.15, 0.2) is 6.04 Å². The van der Waals surface area contributed by atoms with Crippen LogP contribution in [-0.2, 0) is 27.3 Å². The van der Waals surface area contributed by atoms with E-state index in [1.54, 1.807) is 4.90 Å². The van der Waals surface area contributed by atoms with E-state index in [1.807, 2.05) is 54.6 Å². The zero-order chi connectivity index (χ0) is 15.5.